The Morgan fingerprint density at radius 2 is 1.74 bits per heavy atom. The van der Waals surface area contributed by atoms with E-state index >= 15 is 4.39 Å². The Morgan fingerprint density at radius 1 is 0.952 bits per heavy atom. The van der Waals surface area contributed by atoms with Crippen LogP contribution < -0.4 is 14.8 Å². The standard InChI is InChI=1S/C36H45FN2O3/c1-24(17-27-7-14-36(34(37)18-27)42-16-15-39-22-25-3-4-26(23-39)6-5-25)38-35-21-32(41-2)12-13-33(35)30-9-8-29-20-31(40)11-10-28(29)19-30/h7,10-14,18,20-21,24-26,30,38,40H,3-6,8-9,15-17,19,22-23H2,1-2H3. The lowest BCUT2D eigenvalue weighted by Crippen LogP contribution is -2.32. The number of methoxy groups -OCH3 is 1. The van der Waals surface area contributed by atoms with Crippen molar-refractivity contribution in [2.24, 2.45) is 11.8 Å². The van der Waals surface area contributed by atoms with Crippen LogP contribution in [-0.4, -0.2) is 49.4 Å². The van der Waals surface area contributed by atoms with Gasteiger partial charge in [-0.05, 0) is 129 Å². The molecule has 0 spiro atoms. The number of aromatic hydroxyl groups is 1. The highest BCUT2D eigenvalue weighted by Gasteiger charge is 2.29. The maximum atomic E-state index is 15.1. The van der Waals surface area contributed by atoms with E-state index in [-0.39, 0.29) is 11.9 Å². The van der Waals surface area contributed by atoms with Crippen LogP contribution in [-0.2, 0) is 19.3 Å². The van der Waals surface area contributed by atoms with Crippen LogP contribution in [0.2, 0.25) is 0 Å². The van der Waals surface area contributed by atoms with Gasteiger partial charge in [-0.2, -0.15) is 0 Å². The highest BCUT2D eigenvalue weighted by molar-refractivity contribution is 5.58. The number of halogens is 1. The van der Waals surface area contributed by atoms with Crippen molar-refractivity contribution in [1.82, 2.24) is 4.90 Å². The van der Waals surface area contributed by atoms with E-state index in [1.165, 1.54) is 55.5 Å². The number of benzene rings is 3. The predicted octanol–water partition coefficient (Wildman–Crippen LogP) is 7.36. The Kier molecular flexibility index (Phi) is 8.89. The fourth-order valence-corrected chi connectivity index (χ4v) is 7.48. The van der Waals surface area contributed by atoms with E-state index in [1.807, 2.05) is 18.2 Å². The minimum atomic E-state index is -0.287. The van der Waals surface area contributed by atoms with Gasteiger partial charge in [-0.25, -0.2) is 4.39 Å². The van der Waals surface area contributed by atoms with Crippen molar-refractivity contribution < 1.29 is 19.0 Å². The average Bonchev–Trinajstić information content (AvgIpc) is 3.31. The van der Waals surface area contributed by atoms with Crippen LogP contribution in [0.1, 0.15) is 67.2 Å². The SMILES string of the molecule is COc1ccc(C2CCc3cc(O)ccc3C2)c(NC(C)Cc2ccc(OCCN3CC4CCC(CC4)C3)c(F)c2)c1. The summed E-state index contributed by atoms with van der Waals surface area (Å²) in [5, 5.41) is 13.6. The molecule has 1 saturated carbocycles. The Hall–Kier alpha value is -3.25. The number of ether oxygens (including phenoxy) is 2. The van der Waals surface area contributed by atoms with Crippen molar-refractivity contribution in [3.05, 3.63) is 82.7 Å². The highest BCUT2D eigenvalue weighted by Crippen LogP contribution is 2.39. The van der Waals surface area contributed by atoms with Crippen LogP contribution in [0.4, 0.5) is 10.1 Å². The molecule has 42 heavy (non-hydrogen) atoms. The first-order valence-electron chi connectivity index (χ1n) is 15.8. The molecule has 0 aromatic heterocycles. The summed E-state index contributed by atoms with van der Waals surface area (Å²) in [6.45, 7) is 5.87. The lowest BCUT2D eigenvalue weighted by Gasteiger charge is -2.28. The van der Waals surface area contributed by atoms with Gasteiger partial charge in [0.1, 0.15) is 18.1 Å². The highest BCUT2D eigenvalue weighted by atomic mass is 19.1. The van der Waals surface area contributed by atoms with Crippen molar-refractivity contribution >= 4 is 5.69 Å². The number of fused-ring (bicyclic) bond motifs is 5. The van der Waals surface area contributed by atoms with Crippen molar-refractivity contribution in [1.29, 1.82) is 0 Å². The molecule has 2 heterocycles. The number of hydrogen-bond donors (Lipinski definition) is 2. The first-order chi connectivity index (χ1) is 20.4. The Bertz CT molecular complexity index is 1360. The van der Waals surface area contributed by atoms with E-state index in [2.05, 4.69) is 35.3 Å². The molecular weight excluding hydrogens is 527 g/mol. The number of phenolic OH excluding ortho intramolecular Hbond substituents is 1. The summed E-state index contributed by atoms with van der Waals surface area (Å²) in [6.07, 6.45) is 9.07. The van der Waals surface area contributed by atoms with Crippen LogP contribution >= 0.6 is 0 Å². The molecule has 6 heteroatoms. The molecule has 2 unspecified atom stereocenters. The fourth-order valence-electron chi connectivity index (χ4n) is 7.48. The molecule has 2 N–H and O–H groups in total. The molecule has 4 aliphatic rings. The monoisotopic (exact) mass is 572 g/mol. The second-order valence-corrected chi connectivity index (χ2v) is 12.9. The quantitative estimate of drug-likeness (QED) is 0.266. The van der Waals surface area contributed by atoms with Crippen molar-refractivity contribution in [3.63, 3.8) is 0 Å². The largest absolute Gasteiger partial charge is 0.508 e. The molecule has 2 saturated heterocycles. The summed E-state index contributed by atoms with van der Waals surface area (Å²) in [5.41, 5.74) is 5.83. The zero-order valence-electron chi connectivity index (χ0n) is 25.1. The molecule has 2 bridgehead atoms. The Labute approximate surface area is 250 Å². The number of nitrogens with zero attached hydrogens (tertiary/aromatic N) is 1. The smallest absolute Gasteiger partial charge is 0.165 e. The lowest BCUT2D eigenvalue weighted by molar-refractivity contribution is 0.193. The minimum absolute atomic E-state index is 0.0910. The third-order valence-corrected chi connectivity index (χ3v) is 9.72. The number of nitrogens with one attached hydrogen (secondary N) is 1. The number of aryl methyl sites for hydroxylation is 1. The molecule has 2 atom stereocenters. The summed E-state index contributed by atoms with van der Waals surface area (Å²) in [5.74, 6) is 3.25. The zero-order valence-corrected chi connectivity index (χ0v) is 25.1. The van der Waals surface area contributed by atoms with Gasteiger partial charge in [-0.3, -0.25) is 4.90 Å². The van der Waals surface area contributed by atoms with E-state index in [1.54, 1.807) is 25.3 Å². The third-order valence-electron chi connectivity index (χ3n) is 9.72. The van der Waals surface area contributed by atoms with Gasteiger partial charge < -0.3 is 19.9 Å². The first kappa shape index (κ1) is 28.9. The molecule has 3 fully saturated rings. The van der Waals surface area contributed by atoms with Gasteiger partial charge in [0.2, 0.25) is 0 Å². The normalized spacial score (nSPS) is 22.7. The maximum Gasteiger partial charge on any atom is 0.165 e. The molecule has 3 aromatic rings. The van der Waals surface area contributed by atoms with Crippen LogP contribution in [0, 0.1) is 17.7 Å². The van der Waals surface area contributed by atoms with Crippen molar-refractivity contribution in [3.8, 4) is 17.2 Å². The van der Waals surface area contributed by atoms with E-state index in [4.69, 9.17) is 9.47 Å². The van der Waals surface area contributed by atoms with Gasteiger partial charge in [0.05, 0.1) is 7.11 Å². The second kappa shape index (κ2) is 12.9. The van der Waals surface area contributed by atoms with Crippen molar-refractivity contribution in [2.75, 3.05) is 38.7 Å². The number of anilines is 1. The van der Waals surface area contributed by atoms with Crippen LogP contribution in [0.5, 0.6) is 17.2 Å². The molecule has 0 amide bonds. The van der Waals surface area contributed by atoms with Crippen LogP contribution in [0.25, 0.3) is 0 Å². The van der Waals surface area contributed by atoms with Crippen LogP contribution in [0.15, 0.2) is 54.6 Å². The molecule has 0 radical (unpaired) electrons. The summed E-state index contributed by atoms with van der Waals surface area (Å²) >= 11 is 0. The van der Waals surface area contributed by atoms with Gasteiger partial charge in [-0.15, -0.1) is 0 Å². The summed E-state index contributed by atoms with van der Waals surface area (Å²) in [7, 11) is 1.69. The number of hydrogen-bond acceptors (Lipinski definition) is 5. The third kappa shape index (κ3) is 6.86. The van der Waals surface area contributed by atoms with Gasteiger partial charge >= 0.3 is 0 Å². The summed E-state index contributed by atoms with van der Waals surface area (Å²) in [4.78, 5) is 2.53. The van der Waals surface area contributed by atoms with E-state index in [0.29, 0.717) is 30.4 Å². The molecule has 7 rings (SSSR count). The van der Waals surface area contributed by atoms with Crippen molar-refractivity contribution in [2.45, 2.75) is 70.3 Å². The molecule has 5 nitrogen and oxygen atoms in total. The molecule has 3 aromatic carbocycles. The van der Waals surface area contributed by atoms with Gasteiger partial charge in [-0.1, -0.05) is 18.2 Å². The van der Waals surface area contributed by atoms with E-state index < -0.39 is 0 Å². The molecular formula is C36H45FN2O3. The maximum absolute atomic E-state index is 15.1. The summed E-state index contributed by atoms with van der Waals surface area (Å²) < 4.78 is 26.5. The number of phenols is 1. The van der Waals surface area contributed by atoms with E-state index in [0.717, 1.165) is 54.6 Å². The Balaban J connectivity index is 1.06. The van der Waals surface area contributed by atoms with Gasteiger partial charge in [0.15, 0.2) is 11.6 Å². The first-order valence-corrected chi connectivity index (χ1v) is 15.8. The molecule has 224 valence electrons. The Morgan fingerprint density at radius 3 is 2.48 bits per heavy atom. The van der Waals surface area contributed by atoms with Gasteiger partial charge in [0, 0.05) is 37.4 Å². The van der Waals surface area contributed by atoms with Crippen LogP contribution in [0.3, 0.4) is 0 Å². The number of rotatable bonds is 10. The average molecular weight is 573 g/mol. The predicted molar refractivity (Wildman–Crippen MR) is 166 cm³/mol. The molecule has 2 aliphatic carbocycles. The molecule has 2 aliphatic heterocycles. The van der Waals surface area contributed by atoms with E-state index in [9.17, 15) is 5.11 Å². The van der Waals surface area contributed by atoms with Gasteiger partial charge in [0.25, 0.3) is 0 Å². The fraction of sp³-hybridized carbons (Fsp3) is 0.500. The summed E-state index contributed by atoms with van der Waals surface area (Å²) in [6, 6.07) is 17.5. The minimum Gasteiger partial charge on any atom is -0.508 e. The topological polar surface area (TPSA) is 54.0 Å². The second-order valence-electron chi connectivity index (χ2n) is 12.9. The lowest BCUT2D eigenvalue weighted by atomic mass is 9.79. The zero-order chi connectivity index (χ0) is 29.1.